The maximum Gasteiger partial charge on any atom is 0.416 e. The fourth-order valence-electron chi connectivity index (χ4n) is 2.11. The zero-order valence-electron chi connectivity index (χ0n) is 13.1. The number of hydrogen-bond donors (Lipinski definition) is 2. The van der Waals surface area contributed by atoms with E-state index in [9.17, 15) is 28.1 Å². The van der Waals surface area contributed by atoms with Crippen molar-refractivity contribution in [2.75, 3.05) is 17.2 Å². The molecule has 25 heavy (non-hydrogen) atoms. The first-order valence-electron chi connectivity index (χ1n) is 7.23. The summed E-state index contributed by atoms with van der Waals surface area (Å²) in [6.07, 6.45) is -4.47. The Hall–Kier alpha value is -3.10. The Morgan fingerprint density at radius 3 is 2.32 bits per heavy atom. The lowest BCUT2D eigenvalue weighted by atomic mass is 10.1. The second kappa shape index (κ2) is 7.20. The lowest BCUT2D eigenvalue weighted by Crippen LogP contribution is -2.13. The monoisotopic (exact) mass is 353 g/mol. The van der Waals surface area contributed by atoms with Crippen LogP contribution in [0.4, 0.5) is 30.2 Å². The number of rotatable bonds is 5. The van der Waals surface area contributed by atoms with E-state index in [1.54, 1.807) is 6.92 Å². The van der Waals surface area contributed by atoms with Gasteiger partial charge in [0.15, 0.2) is 0 Å². The SMILES string of the molecule is CCNc1ccc(C(=O)Nc2ccc(C(F)(F)F)cc2)cc1[N+](=O)[O-]. The van der Waals surface area contributed by atoms with Gasteiger partial charge in [-0.15, -0.1) is 0 Å². The van der Waals surface area contributed by atoms with E-state index >= 15 is 0 Å². The van der Waals surface area contributed by atoms with Crippen LogP contribution in [0.15, 0.2) is 42.5 Å². The van der Waals surface area contributed by atoms with Gasteiger partial charge in [-0.05, 0) is 43.3 Å². The molecule has 2 aromatic carbocycles. The van der Waals surface area contributed by atoms with Crippen molar-refractivity contribution in [1.29, 1.82) is 0 Å². The van der Waals surface area contributed by atoms with Crippen molar-refractivity contribution in [1.82, 2.24) is 0 Å². The summed E-state index contributed by atoms with van der Waals surface area (Å²) in [4.78, 5) is 22.6. The molecule has 2 aromatic rings. The molecule has 0 aliphatic heterocycles. The molecular formula is C16H14F3N3O3. The van der Waals surface area contributed by atoms with Crippen molar-refractivity contribution in [3.63, 3.8) is 0 Å². The number of nitrogens with zero attached hydrogens (tertiary/aromatic N) is 1. The molecule has 2 rings (SSSR count). The summed E-state index contributed by atoms with van der Waals surface area (Å²) in [7, 11) is 0. The molecule has 2 N–H and O–H groups in total. The van der Waals surface area contributed by atoms with E-state index in [1.165, 1.54) is 12.1 Å². The van der Waals surface area contributed by atoms with Gasteiger partial charge in [-0.1, -0.05) is 0 Å². The zero-order chi connectivity index (χ0) is 18.6. The summed E-state index contributed by atoms with van der Waals surface area (Å²) in [5.41, 5.74) is -0.652. The zero-order valence-corrected chi connectivity index (χ0v) is 13.1. The third-order valence-corrected chi connectivity index (χ3v) is 3.29. The average molecular weight is 353 g/mol. The maximum absolute atomic E-state index is 12.5. The van der Waals surface area contributed by atoms with Gasteiger partial charge in [0.2, 0.25) is 0 Å². The molecule has 0 atom stereocenters. The highest BCUT2D eigenvalue weighted by atomic mass is 19.4. The van der Waals surface area contributed by atoms with Crippen LogP contribution in [-0.2, 0) is 6.18 Å². The summed E-state index contributed by atoms with van der Waals surface area (Å²) in [6.45, 7) is 2.24. The second-order valence-corrected chi connectivity index (χ2v) is 5.05. The highest BCUT2D eigenvalue weighted by molar-refractivity contribution is 6.05. The van der Waals surface area contributed by atoms with Crippen molar-refractivity contribution in [3.05, 3.63) is 63.7 Å². The van der Waals surface area contributed by atoms with Crippen LogP contribution in [0.1, 0.15) is 22.8 Å². The maximum atomic E-state index is 12.5. The molecule has 0 fully saturated rings. The Morgan fingerprint density at radius 2 is 1.80 bits per heavy atom. The van der Waals surface area contributed by atoms with Crippen LogP contribution in [0.2, 0.25) is 0 Å². The molecule has 0 saturated heterocycles. The van der Waals surface area contributed by atoms with E-state index in [1.807, 2.05) is 0 Å². The predicted octanol–water partition coefficient (Wildman–Crippen LogP) is 4.30. The predicted molar refractivity (Wildman–Crippen MR) is 86.7 cm³/mol. The van der Waals surface area contributed by atoms with Gasteiger partial charge >= 0.3 is 6.18 Å². The van der Waals surface area contributed by atoms with Gasteiger partial charge in [0.25, 0.3) is 11.6 Å². The van der Waals surface area contributed by atoms with Gasteiger partial charge in [0.05, 0.1) is 10.5 Å². The average Bonchev–Trinajstić information content (AvgIpc) is 2.55. The number of anilines is 2. The minimum Gasteiger partial charge on any atom is -0.380 e. The van der Waals surface area contributed by atoms with Crippen molar-refractivity contribution < 1.29 is 22.9 Å². The molecule has 132 valence electrons. The van der Waals surface area contributed by atoms with Gasteiger partial charge < -0.3 is 10.6 Å². The van der Waals surface area contributed by atoms with E-state index < -0.39 is 22.6 Å². The number of halogens is 3. The second-order valence-electron chi connectivity index (χ2n) is 5.05. The first kappa shape index (κ1) is 18.2. The van der Waals surface area contributed by atoms with Gasteiger partial charge in [-0.3, -0.25) is 14.9 Å². The first-order valence-corrected chi connectivity index (χ1v) is 7.23. The van der Waals surface area contributed by atoms with Gasteiger partial charge in [0, 0.05) is 23.9 Å². The summed E-state index contributed by atoms with van der Waals surface area (Å²) < 4.78 is 37.5. The van der Waals surface area contributed by atoms with Crippen LogP contribution in [0, 0.1) is 10.1 Å². The first-order chi connectivity index (χ1) is 11.7. The number of carbonyl (C=O) groups is 1. The van der Waals surface area contributed by atoms with Crippen molar-refractivity contribution in [2.45, 2.75) is 13.1 Å². The highest BCUT2D eigenvalue weighted by Gasteiger charge is 2.30. The summed E-state index contributed by atoms with van der Waals surface area (Å²) in [5.74, 6) is -0.661. The molecule has 0 radical (unpaired) electrons. The van der Waals surface area contributed by atoms with Crippen molar-refractivity contribution in [3.8, 4) is 0 Å². The minimum atomic E-state index is -4.47. The highest BCUT2D eigenvalue weighted by Crippen LogP contribution is 2.30. The number of nitro groups is 1. The molecular weight excluding hydrogens is 339 g/mol. The standard InChI is InChI=1S/C16H14F3N3O3/c1-2-20-13-8-3-10(9-14(13)22(24)25)15(23)21-12-6-4-11(5-7-12)16(17,18)19/h3-9,20H,2H2,1H3,(H,21,23). The number of amides is 1. The molecule has 9 heteroatoms. The smallest absolute Gasteiger partial charge is 0.380 e. The molecule has 1 amide bonds. The lowest BCUT2D eigenvalue weighted by Gasteiger charge is -2.10. The third-order valence-electron chi connectivity index (χ3n) is 3.29. The quantitative estimate of drug-likeness (QED) is 0.620. The molecule has 0 heterocycles. The Kier molecular flexibility index (Phi) is 5.26. The van der Waals surface area contributed by atoms with Gasteiger partial charge in [-0.2, -0.15) is 13.2 Å². The van der Waals surface area contributed by atoms with E-state index in [0.29, 0.717) is 6.54 Å². The molecule has 0 unspecified atom stereocenters. The molecule has 0 aromatic heterocycles. The number of hydrogen-bond acceptors (Lipinski definition) is 4. The van der Waals surface area contributed by atoms with Gasteiger partial charge in [0.1, 0.15) is 5.69 Å². The Balaban J connectivity index is 2.20. The third kappa shape index (κ3) is 4.46. The Bertz CT molecular complexity index is 789. The van der Waals surface area contributed by atoms with Crippen LogP contribution in [-0.4, -0.2) is 17.4 Å². The number of nitrogens with one attached hydrogen (secondary N) is 2. The van der Waals surface area contributed by atoms with E-state index in [0.717, 1.165) is 30.3 Å². The van der Waals surface area contributed by atoms with Crippen molar-refractivity contribution in [2.24, 2.45) is 0 Å². The molecule has 6 nitrogen and oxygen atoms in total. The van der Waals surface area contributed by atoms with E-state index in [2.05, 4.69) is 10.6 Å². The van der Waals surface area contributed by atoms with Crippen LogP contribution < -0.4 is 10.6 Å². The fraction of sp³-hybridized carbons (Fsp3) is 0.188. The van der Waals surface area contributed by atoms with Crippen LogP contribution in [0.25, 0.3) is 0 Å². The Morgan fingerprint density at radius 1 is 1.16 bits per heavy atom. The number of carbonyl (C=O) groups excluding carboxylic acids is 1. The fourth-order valence-corrected chi connectivity index (χ4v) is 2.11. The van der Waals surface area contributed by atoms with E-state index in [4.69, 9.17) is 0 Å². The van der Waals surface area contributed by atoms with Crippen LogP contribution in [0.3, 0.4) is 0 Å². The van der Waals surface area contributed by atoms with Crippen LogP contribution >= 0.6 is 0 Å². The van der Waals surface area contributed by atoms with Gasteiger partial charge in [-0.25, -0.2) is 0 Å². The normalized spacial score (nSPS) is 11.0. The van der Waals surface area contributed by atoms with Crippen LogP contribution in [0.5, 0.6) is 0 Å². The minimum absolute atomic E-state index is 0.0215. The van der Waals surface area contributed by atoms with Crippen molar-refractivity contribution >= 4 is 23.0 Å². The molecule has 0 aliphatic rings. The lowest BCUT2D eigenvalue weighted by molar-refractivity contribution is -0.384. The molecule has 0 spiro atoms. The Labute approximate surface area is 140 Å². The summed E-state index contributed by atoms with van der Waals surface area (Å²) in [6, 6.07) is 7.81. The largest absolute Gasteiger partial charge is 0.416 e. The summed E-state index contributed by atoms with van der Waals surface area (Å²) in [5, 5.41) is 16.3. The molecule has 0 bridgehead atoms. The number of benzene rings is 2. The topological polar surface area (TPSA) is 84.3 Å². The number of nitro benzene ring substituents is 1. The molecule has 0 aliphatic carbocycles. The number of alkyl halides is 3. The van der Waals surface area contributed by atoms with E-state index in [-0.39, 0.29) is 22.6 Å². The summed E-state index contributed by atoms with van der Waals surface area (Å²) >= 11 is 0. The molecule has 0 saturated carbocycles.